The van der Waals surface area contributed by atoms with E-state index in [0.29, 0.717) is 15.6 Å². The number of halogens is 3. The summed E-state index contributed by atoms with van der Waals surface area (Å²) in [7, 11) is -2.40. The zero-order valence-corrected chi connectivity index (χ0v) is 19.5. The minimum Gasteiger partial charge on any atom is -0.457 e. The lowest BCUT2D eigenvalue weighted by Crippen LogP contribution is -2.26. The molecule has 0 saturated carbocycles. The van der Waals surface area contributed by atoms with Crippen molar-refractivity contribution in [2.24, 2.45) is 0 Å². The molecule has 0 radical (unpaired) electrons. The molecule has 0 aromatic heterocycles. The van der Waals surface area contributed by atoms with Crippen LogP contribution in [0.15, 0.2) is 71.6 Å². The van der Waals surface area contributed by atoms with Crippen LogP contribution < -0.4 is 0 Å². The fourth-order valence-electron chi connectivity index (χ4n) is 2.81. The predicted octanol–water partition coefficient (Wildman–Crippen LogP) is 5.82. The quantitative estimate of drug-likeness (QED) is 0.385. The minimum absolute atomic E-state index is 0.0694. The van der Waals surface area contributed by atoms with E-state index < -0.39 is 16.0 Å². The molecule has 162 valence electrons. The number of ether oxygens (including phenoxy) is 1. The SMILES string of the molecule is CN(Cc1ccccc1)S(=O)(=O)c1ccc(Cl)c(C(=O)OCc2c(Cl)cccc2Cl)c1. The number of rotatable bonds is 7. The van der Waals surface area contributed by atoms with Crippen LogP contribution in [0.4, 0.5) is 0 Å². The molecular formula is C22H18Cl3NO4S. The standard InChI is InChI=1S/C22H18Cl3NO4S/c1-26(13-15-6-3-2-4-7-15)31(28,29)16-10-11-21(25)17(12-16)22(27)30-14-18-19(23)8-5-9-20(18)24/h2-12H,13-14H2,1H3. The summed E-state index contributed by atoms with van der Waals surface area (Å²) < 4.78 is 32.5. The van der Waals surface area contributed by atoms with Crippen LogP contribution in [0.3, 0.4) is 0 Å². The number of sulfonamides is 1. The molecule has 0 atom stereocenters. The van der Waals surface area contributed by atoms with Crippen molar-refractivity contribution in [2.75, 3.05) is 7.05 Å². The maximum atomic E-state index is 13.0. The van der Waals surface area contributed by atoms with E-state index in [0.717, 1.165) is 5.56 Å². The van der Waals surface area contributed by atoms with Gasteiger partial charge in [0, 0.05) is 29.2 Å². The van der Waals surface area contributed by atoms with Crippen molar-refractivity contribution in [3.8, 4) is 0 Å². The van der Waals surface area contributed by atoms with Gasteiger partial charge in [-0.25, -0.2) is 13.2 Å². The van der Waals surface area contributed by atoms with Crippen molar-refractivity contribution >= 4 is 50.8 Å². The Morgan fingerprint density at radius 1 is 0.903 bits per heavy atom. The van der Waals surface area contributed by atoms with Crippen molar-refractivity contribution in [2.45, 2.75) is 18.0 Å². The first-order chi connectivity index (χ1) is 14.7. The second-order valence-electron chi connectivity index (χ2n) is 6.66. The van der Waals surface area contributed by atoms with Crippen LogP contribution in [-0.2, 0) is 27.9 Å². The maximum Gasteiger partial charge on any atom is 0.340 e. The first-order valence-corrected chi connectivity index (χ1v) is 11.7. The Balaban J connectivity index is 1.81. The first kappa shape index (κ1) is 23.6. The molecular weight excluding hydrogens is 481 g/mol. The van der Waals surface area contributed by atoms with E-state index in [1.54, 1.807) is 18.2 Å². The molecule has 5 nitrogen and oxygen atoms in total. The van der Waals surface area contributed by atoms with E-state index in [2.05, 4.69) is 0 Å². The van der Waals surface area contributed by atoms with Gasteiger partial charge in [0.25, 0.3) is 0 Å². The van der Waals surface area contributed by atoms with Gasteiger partial charge in [-0.15, -0.1) is 0 Å². The lowest BCUT2D eigenvalue weighted by molar-refractivity contribution is 0.0473. The van der Waals surface area contributed by atoms with E-state index in [4.69, 9.17) is 39.5 Å². The minimum atomic E-state index is -3.87. The monoisotopic (exact) mass is 497 g/mol. The van der Waals surface area contributed by atoms with E-state index in [1.807, 2.05) is 30.3 Å². The smallest absolute Gasteiger partial charge is 0.340 e. The number of nitrogens with zero attached hydrogens (tertiary/aromatic N) is 1. The molecule has 0 fully saturated rings. The summed E-state index contributed by atoms with van der Waals surface area (Å²) >= 11 is 18.3. The molecule has 0 aliphatic carbocycles. The van der Waals surface area contributed by atoms with Gasteiger partial charge >= 0.3 is 5.97 Å². The predicted molar refractivity (Wildman–Crippen MR) is 122 cm³/mol. The molecule has 0 aliphatic rings. The summed E-state index contributed by atoms with van der Waals surface area (Å²) in [5.74, 6) is -0.788. The van der Waals surface area contributed by atoms with Gasteiger partial charge in [0.2, 0.25) is 10.0 Å². The summed E-state index contributed by atoms with van der Waals surface area (Å²) in [5.41, 5.74) is 1.21. The van der Waals surface area contributed by atoms with E-state index in [1.165, 1.54) is 29.6 Å². The second kappa shape index (κ2) is 10.0. The molecule has 3 rings (SSSR count). The van der Waals surface area contributed by atoms with Gasteiger partial charge < -0.3 is 4.74 Å². The lowest BCUT2D eigenvalue weighted by Gasteiger charge is -2.18. The Kier molecular flexibility index (Phi) is 7.62. The molecule has 0 bridgehead atoms. The highest BCUT2D eigenvalue weighted by molar-refractivity contribution is 7.89. The van der Waals surface area contributed by atoms with Crippen molar-refractivity contribution in [3.05, 3.63) is 98.5 Å². The Morgan fingerprint density at radius 2 is 1.55 bits per heavy atom. The van der Waals surface area contributed by atoms with Crippen LogP contribution >= 0.6 is 34.8 Å². The Labute approximate surface area is 196 Å². The van der Waals surface area contributed by atoms with Crippen molar-refractivity contribution in [3.63, 3.8) is 0 Å². The Morgan fingerprint density at radius 3 is 2.19 bits per heavy atom. The van der Waals surface area contributed by atoms with E-state index >= 15 is 0 Å². The number of esters is 1. The van der Waals surface area contributed by atoms with Crippen molar-refractivity contribution in [1.82, 2.24) is 4.31 Å². The molecule has 0 spiro atoms. The third-order valence-electron chi connectivity index (χ3n) is 4.52. The summed E-state index contributed by atoms with van der Waals surface area (Å²) in [5, 5.41) is 0.774. The number of carbonyl (C=O) groups is 1. The highest BCUT2D eigenvalue weighted by Crippen LogP contribution is 2.27. The highest BCUT2D eigenvalue weighted by atomic mass is 35.5. The zero-order valence-electron chi connectivity index (χ0n) is 16.4. The zero-order chi connectivity index (χ0) is 22.6. The Hall–Kier alpha value is -2.09. The molecule has 0 saturated heterocycles. The normalized spacial score (nSPS) is 11.5. The van der Waals surface area contributed by atoms with E-state index in [-0.39, 0.29) is 28.6 Å². The molecule has 3 aromatic rings. The van der Waals surface area contributed by atoms with Crippen LogP contribution in [0.1, 0.15) is 21.5 Å². The van der Waals surface area contributed by atoms with Gasteiger partial charge in [-0.2, -0.15) is 4.31 Å². The maximum absolute atomic E-state index is 13.0. The topological polar surface area (TPSA) is 63.7 Å². The van der Waals surface area contributed by atoms with Gasteiger partial charge in [-0.05, 0) is 35.9 Å². The van der Waals surface area contributed by atoms with Gasteiger partial charge in [0.15, 0.2) is 0 Å². The van der Waals surface area contributed by atoms with Gasteiger partial charge in [-0.3, -0.25) is 0 Å². The second-order valence-corrected chi connectivity index (χ2v) is 9.93. The fourth-order valence-corrected chi connectivity index (χ4v) is 4.70. The average Bonchev–Trinajstić information content (AvgIpc) is 2.74. The molecule has 0 unspecified atom stereocenters. The van der Waals surface area contributed by atoms with Crippen LogP contribution in [0, 0.1) is 0 Å². The summed E-state index contributed by atoms with van der Waals surface area (Å²) in [6.07, 6.45) is 0. The highest BCUT2D eigenvalue weighted by Gasteiger charge is 2.24. The summed E-state index contributed by atoms with van der Waals surface area (Å²) in [4.78, 5) is 12.5. The number of hydrogen-bond acceptors (Lipinski definition) is 4. The molecule has 31 heavy (non-hydrogen) atoms. The van der Waals surface area contributed by atoms with Gasteiger partial charge in [0.1, 0.15) is 6.61 Å². The largest absolute Gasteiger partial charge is 0.457 e. The molecule has 0 N–H and O–H groups in total. The summed E-state index contributed by atoms with van der Waals surface area (Å²) in [6.45, 7) is -0.00482. The van der Waals surface area contributed by atoms with Crippen LogP contribution in [0.2, 0.25) is 15.1 Å². The number of carbonyl (C=O) groups excluding carboxylic acids is 1. The number of benzene rings is 3. The van der Waals surface area contributed by atoms with Crippen molar-refractivity contribution in [1.29, 1.82) is 0 Å². The van der Waals surface area contributed by atoms with E-state index in [9.17, 15) is 13.2 Å². The average molecular weight is 499 g/mol. The van der Waals surface area contributed by atoms with Crippen LogP contribution in [0.5, 0.6) is 0 Å². The lowest BCUT2D eigenvalue weighted by atomic mass is 10.2. The van der Waals surface area contributed by atoms with Crippen LogP contribution in [-0.4, -0.2) is 25.7 Å². The fraction of sp³-hybridized carbons (Fsp3) is 0.136. The first-order valence-electron chi connectivity index (χ1n) is 9.10. The van der Waals surface area contributed by atoms with Gasteiger partial charge in [0.05, 0.1) is 15.5 Å². The molecule has 9 heteroatoms. The Bertz CT molecular complexity index is 1180. The third kappa shape index (κ3) is 5.59. The third-order valence-corrected chi connectivity index (χ3v) is 7.36. The molecule has 0 amide bonds. The molecule has 3 aromatic carbocycles. The van der Waals surface area contributed by atoms with Crippen LogP contribution in [0.25, 0.3) is 0 Å². The molecule has 0 heterocycles. The van der Waals surface area contributed by atoms with Gasteiger partial charge in [-0.1, -0.05) is 71.2 Å². The summed E-state index contributed by atoms with van der Waals surface area (Å²) in [6, 6.07) is 18.0. The molecule has 0 aliphatic heterocycles. The number of hydrogen-bond donors (Lipinski definition) is 0. The van der Waals surface area contributed by atoms with Crippen molar-refractivity contribution < 1.29 is 17.9 Å².